The molecule has 0 aromatic carbocycles. The summed E-state index contributed by atoms with van der Waals surface area (Å²) < 4.78 is 0. The Hall–Kier alpha value is -0.0700. The zero-order valence-corrected chi connectivity index (χ0v) is 9.34. The zero-order chi connectivity index (χ0) is 10.7. The summed E-state index contributed by atoms with van der Waals surface area (Å²) in [5.74, 6) is 0.0860. The monoisotopic (exact) mass is 254 g/mol. The van der Waals surface area contributed by atoms with Gasteiger partial charge in [0, 0.05) is 5.75 Å². The molecule has 78 valence electrons. The van der Waals surface area contributed by atoms with Crippen LogP contribution in [0.3, 0.4) is 0 Å². The van der Waals surface area contributed by atoms with Crippen LogP contribution in [0.5, 0.6) is 0 Å². The van der Waals surface area contributed by atoms with Crippen LogP contribution in [0, 0.1) is 0 Å². The van der Waals surface area contributed by atoms with Gasteiger partial charge in [0.25, 0.3) is 0 Å². The molecule has 4 nitrogen and oxygen atoms in total. The summed E-state index contributed by atoms with van der Waals surface area (Å²) in [6, 6.07) is 0. The van der Waals surface area contributed by atoms with Gasteiger partial charge in [0.2, 0.25) is 0 Å². The molecule has 0 radical (unpaired) electrons. The van der Waals surface area contributed by atoms with Crippen molar-refractivity contribution in [1.29, 1.82) is 0 Å². The van der Waals surface area contributed by atoms with Gasteiger partial charge in [-0.2, -0.15) is 12.6 Å². The van der Waals surface area contributed by atoms with Gasteiger partial charge in [-0.05, 0) is 0 Å². The SMILES string of the molecule is OC(CS)C(O)c1c(Cl)ncnc1Cl. The average Bonchev–Trinajstić information content (AvgIpc) is 2.16. The molecule has 0 aliphatic heterocycles. The molecule has 0 fully saturated rings. The Bertz CT molecular complexity index is 306. The van der Waals surface area contributed by atoms with Crippen LogP contribution in [0.4, 0.5) is 0 Å². The Labute approximate surface area is 96.3 Å². The lowest BCUT2D eigenvalue weighted by Gasteiger charge is -2.17. The number of halogens is 2. The second-order valence-corrected chi connectivity index (χ2v) is 3.64. The standard InChI is InChI=1S/C7H8Cl2N2O2S/c8-6-4(5(13)3(12)1-14)7(9)11-2-10-6/h2-3,5,12-14H,1H2. The fourth-order valence-electron chi connectivity index (χ4n) is 0.891. The molecule has 1 aromatic rings. The molecule has 0 saturated heterocycles. The average molecular weight is 255 g/mol. The minimum atomic E-state index is -1.23. The van der Waals surface area contributed by atoms with Gasteiger partial charge in [0.15, 0.2) is 0 Å². The highest BCUT2D eigenvalue weighted by Gasteiger charge is 2.23. The molecular weight excluding hydrogens is 247 g/mol. The summed E-state index contributed by atoms with van der Waals surface area (Å²) in [6.07, 6.45) is -1.11. The van der Waals surface area contributed by atoms with E-state index in [4.69, 9.17) is 23.2 Å². The van der Waals surface area contributed by atoms with Crippen LogP contribution >= 0.6 is 35.8 Å². The third kappa shape index (κ3) is 2.49. The fourth-order valence-corrected chi connectivity index (χ4v) is 1.63. The summed E-state index contributed by atoms with van der Waals surface area (Å²) in [7, 11) is 0. The molecule has 1 rings (SSSR count). The minimum absolute atomic E-state index is 0.0262. The topological polar surface area (TPSA) is 66.2 Å². The molecule has 0 spiro atoms. The molecule has 0 aliphatic carbocycles. The molecule has 7 heteroatoms. The molecule has 2 unspecified atom stereocenters. The van der Waals surface area contributed by atoms with E-state index in [-0.39, 0.29) is 21.6 Å². The van der Waals surface area contributed by atoms with Crippen molar-refractivity contribution in [2.75, 3.05) is 5.75 Å². The summed E-state index contributed by atoms with van der Waals surface area (Å²) in [5.41, 5.74) is 0.123. The van der Waals surface area contributed by atoms with E-state index >= 15 is 0 Å². The van der Waals surface area contributed by atoms with Gasteiger partial charge < -0.3 is 10.2 Å². The van der Waals surface area contributed by atoms with Gasteiger partial charge in [-0.3, -0.25) is 0 Å². The van der Waals surface area contributed by atoms with Gasteiger partial charge in [0.05, 0.1) is 11.7 Å². The van der Waals surface area contributed by atoms with E-state index in [0.717, 1.165) is 0 Å². The maximum absolute atomic E-state index is 9.60. The van der Waals surface area contributed by atoms with Crippen LogP contribution in [0.2, 0.25) is 10.3 Å². The number of aliphatic hydroxyl groups is 2. The zero-order valence-electron chi connectivity index (χ0n) is 6.93. The molecule has 14 heavy (non-hydrogen) atoms. The Kier molecular flexibility index (Phi) is 4.40. The number of aromatic nitrogens is 2. The molecule has 2 atom stereocenters. The Morgan fingerprint density at radius 2 is 1.79 bits per heavy atom. The first-order valence-electron chi connectivity index (χ1n) is 3.70. The van der Waals surface area contributed by atoms with Crippen LogP contribution in [0.1, 0.15) is 11.7 Å². The Balaban J connectivity index is 3.05. The van der Waals surface area contributed by atoms with E-state index in [0.29, 0.717) is 0 Å². The van der Waals surface area contributed by atoms with Crippen LogP contribution in [0.25, 0.3) is 0 Å². The molecule has 0 saturated carbocycles. The summed E-state index contributed by atoms with van der Waals surface area (Å²) in [5, 5.41) is 19.0. The van der Waals surface area contributed by atoms with Crippen LogP contribution in [0.15, 0.2) is 6.33 Å². The van der Waals surface area contributed by atoms with Gasteiger partial charge in [-0.15, -0.1) is 0 Å². The van der Waals surface area contributed by atoms with Crippen molar-refractivity contribution in [3.63, 3.8) is 0 Å². The minimum Gasteiger partial charge on any atom is -0.389 e. The summed E-state index contributed by atoms with van der Waals surface area (Å²) >= 11 is 15.2. The maximum atomic E-state index is 9.60. The molecular formula is C7H8Cl2N2O2S. The van der Waals surface area contributed by atoms with Gasteiger partial charge >= 0.3 is 0 Å². The number of hydrogen-bond acceptors (Lipinski definition) is 5. The highest BCUT2D eigenvalue weighted by Crippen LogP contribution is 2.28. The lowest BCUT2D eigenvalue weighted by Crippen LogP contribution is -2.21. The molecule has 0 amide bonds. The third-order valence-electron chi connectivity index (χ3n) is 1.63. The van der Waals surface area contributed by atoms with E-state index in [1.807, 2.05) is 0 Å². The van der Waals surface area contributed by atoms with Crippen molar-refractivity contribution in [2.45, 2.75) is 12.2 Å². The number of rotatable bonds is 3. The highest BCUT2D eigenvalue weighted by atomic mass is 35.5. The highest BCUT2D eigenvalue weighted by molar-refractivity contribution is 7.80. The van der Waals surface area contributed by atoms with E-state index in [1.165, 1.54) is 6.33 Å². The number of thiol groups is 1. The lowest BCUT2D eigenvalue weighted by atomic mass is 10.1. The maximum Gasteiger partial charge on any atom is 0.139 e. The van der Waals surface area contributed by atoms with Crippen molar-refractivity contribution in [3.8, 4) is 0 Å². The Morgan fingerprint density at radius 3 is 2.21 bits per heavy atom. The van der Waals surface area contributed by atoms with Crippen molar-refractivity contribution >= 4 is 35.8 Å². The van der Waals surface area contributed by atoms with E-state index in [9.17, 15) is 10.2 Å². The predicted octanol–water partition coefficient (Wildman–Crippen LogP) is 1.11. The quantitative estimate of drug-likeness (QED) is 0.559. The number of hydrogen-bond donors (Lipinski definition) is 3. The fraction of sp³-hybridized carbons (Fsp3) is 0.429. The molecule has 1 heterocycles. The second kappa shape index (κ2) is 5.14. The van der Waals surface area contributed by atoms with Crippen LogP contribution < -0.4 is 0 Å². The van der Waals surface area contributed by atoms with Crippen molar-refractivity contribution in [3.05, 3.63) is 22.2 Å². The smallest absolute Gasteiger partial charge is 0.139 e. The molecule has 0 aliphatic rings. The van der Waals surface area contributed by atoms with Crippen molar-refractivity contribution < 1.29 is 10.2 Å². The van der Waals surface area contributed by atoms with Gasteiger partial charge in [-0.1, -0.05) is 23.2 Å². The molecule has 1 aromatic heterocycles. The van der Waals surface area contributed by atoms with Crippen molar-refractivity contribution in [1.82, 2.24) is 9.97 Å². The predicted molar refractivity (Wildman–Crippen MR) is 56.9 cm³/mol. The van der Waals surface area contributed by atoms with E-state index in [2.05, 4.69) is 22.6 Å². The molecule has 0 bridgehead atoms. The first-order valence-corrected chi connectivity index (χ1v) is 5.09. The van der Waals surface area contributed by atoms with Crippen molar-refractivity contribution in [2.24, 2.45) is 0 Å². The van der Waals surface area contributed by atoms with Gasteiger partial charge in [0.1, 0.15) is 22.7 Å². The van der Waals surface area contributed by atoms with Gasteiger partial charge in [-0.25, -0.2) is 9.97 Å². The normalized spacial score (nSPS) is 15.2. The van der Waals surface area contributed by atoms with E-state index < -0.39 is 12.2 Å². The lowest BCUT2D eigenvalue weighted by molar-refractivity contribution is 0.0334. The second-order valence-electron chi connectivity index (χ2n) is 2.56. The van der Waals surface area contributed by atoms with E-state index in [1.54, 1.807) is 0 Å². The Morgan fingerprint density at radius 1 is 1.29 bits per heavy atom. The summed E-state index contributed by atoms with van der Waals surface area (Å²) in [4.78, 5) is 7.30. The molecule has 2 N–H and O–H groups in total. The number of aliphatic hydroxyl groups excluding tert-OH is 2. The first-order chi connectivity index (χ1) is 6.57. The number of nitrogens with zero attached hydrogens (tertiary/aromatic N) is 2. The third-order valence-corrected chi connectivity index (χ3v) is 2.61. The summed E-state index contributed by atoms with van der Waals surface area (Å²) in [6.45, 7) is 0. The van der Waals surface area contributed by atoms with Crippen LogP contribution in [-0.4, -0.2) is 32.0 Å². The van der Waals surface area contributed by atoms with Crippen LogP contribution in [-0.2, 0) is 0 Å². The largest absolute Gasteiger partial charge is 0.389 e. The first kappa shape index (κ1) is 12.0.